The Balaban J connectivity index is 2.00. The summed E-state index contributed by atoms with van der Waals surface area (Å²) in [5.41, 5.74) is 0.305. The summed E-state index contributed by atoms with van der Waals surface area (Å²) in [6.45, 7) is -0.581. The second-order valence-corrected chi connectivity index (χ2v) is 7.43. The molecule has 0 atom stereocenters. The number of ether oxygens (including phenoxy) is 2. The highest BCUT2D eigenvalue weighted by Crippen LogP contribution is 2.35. The zero-order chi connectivity index (χ0) is 22.7. The van der Waals surface area contributed by atoms with Crippen LogP contribution in [0.4, 0.5) is 10.5 Å². The highest BCUT2D eigenvalue weighted by molar-refractivity contribution is 9.10. The first-order chi connectivity index (χ1) is 14.7. The molecule has 0 radical (unpaired) electrons. The van der Waals surface area contributed by atoms with Gasteiger partial charge in [-0.3, -0.25) is 14.9 Å². The predicted octanol–water partition coefficient (Wildman–Crippen LogP) is 3.24. The maximum Gasteiger partial charge on any atom is 0.341 e. The van der Waals surface area contributed by atoms with Crippen molar-refractivity contribution in [3.63, 3.8) is 0 Å². The van der Waals surface area contributed by atoms with E-state index in [0.29, 0.717) is 15.1 Å². The van der Waals surface area contributed by atoms with Gasteiger partial charge < -0.3 is 14.6 Å². The molecule has 2 N–H and O–H groups in total. The van der Waals surface area contributed by atoms with E-state index < -0.39 is 30.4 Å². The molecule has 11 heteroatoms. The Bertz CT molecular complexity index is 1120. The summed E-state index contributed by atoms with van der Waals surface area (Å²) in [6.07, 6.45) is 1.28. The van der Waals surface area contributed by atoms with E-state index >= 15 is 0 Å². The van der Waals surface area contributed by atoms with Crippen molar-refractivity contribution in [2.45, 2.75) is 0 Å². The number of barbiturate groups is 1. The number of aliphatic carboxylic acids is 1. The number of imide groups is 2. The fourth-order valence-corrected chi connectivity index (χ4v) is 3.27. The number of hydrogen-bond acceptors (Lipinski definition) is 6. The summed E-state index contributed by atoms with van der Waals surface area (Å²) in [5, 5.41) is 11.3. The molecule has 9 nitrogen and oxygen atoms in total. The SMILES string of the molecule is COc1cc(/C=C2\C(=O)NC(=O)N(c3ccc(Cl)cc3)C2=O)c(Br)cc1OCC(=O)O. The summed E-state index contributed by atoms with van der Waals surface area (Å²) >= 11 is 9.15. The van der Waals surface area contributed by atoms with Crippen LogP contribution < -0.4 is 19.7 Å². The van der Waals surface area contributed by atoms with Gasteiger partial charge in [-0.1, -0.05) is 27.5 Å². The van der Waals surface area contributed by atoms with Gasteiger partial charge >= 0.3 is 12.0 Å². The van der Waals surface area contributed by atoms with Crippen LogP contribution in [0.1, 0.15) is 5.56 Å². The molecule has 1 saturated heterocycles. The van der Waals surface area contributed by atoms with E-state index in [1.54, 1.807) is 0 Å². The van der Waals surface area contributed by atoms with Gasteiger partial charge in [0.2, 0.25) is 0 Å². The number of carbonyl (C=O) groups is 4. The highest BCUT2D eigenvalue weighted by Gasteiger charge is 2.37. The molecular formula is C20H14BrClN2O7. The van der Waals surface area contributed by atoms with Crippen LogP contribution in [0, 0.1) is 0 Å². The molecule has 2 aromatic carbocycles. The summed E-state index contributed by atoms with van der Waals surface area (Å²) in [5.74, 6) is -2.52. The third-order valence-corrected chi connectivity index (χ3v) is 5.06. The van der Waals surface area contributed by atoms with Crippen LogP contribution in [-0.2, 0) is 14.4 Å². The Morgan fingerprint density at radius 3 is 2.48 bits per heavy atom. The number of anilines is 1. The molecule has 4 amide bonds. The number of rotatable bonds is 6. The van der Waals surface area contributed by atoms with Crippen LogP contribution in [0.5, 0.6) is 11.5 Å². The summed E-state index contributed by atoms with van der Waals surface area (Å²) < 4.78 is 10.8. The van der Waals surface area contributed by atoms with E-state index in [2.05, 4.69) is 21.2 Å². The van der Waals surface area contributed by atoms with E-state index in [1.165, 1.54) is 49.6 Å². The average Bonchev–Trinajstić information content (AvgIpc) is 2.71. The van der Waals surface area contributed by atoms with Gasteiger partial charge in [0.15, 0.2) is 18.1 Å². The van der Waals surface area contributed by atoms with Gasteiger partial charge in [-0.05, 0) is 48.0 Å². The minimum absolute atomic E-state index is 0.149. The Hall–Kier alpha value is -3.37. The first kappa shape index (κ1) is 22.3. The number of methoxy groups -OCH3 is 1. The molecule has 2 aromatic rings. The lowest BCUT2D eigenvalue weighted by atomic mass is 10.1. The molecule has 0 bridgehead atoms. The molecular weight excluding hydrogens is 496 g/mol. The molecule has 160 valence electrons. The molecule has 0 spiro atoms. The van der Waals surface area contributed by atoms with Crippen molar-refractivity contribution in [1.29, 1.82) is 0 Å². The largest absolute Gasteiger partial charge is 0.493 e. The minimum Gasteiger partial charge on any atom is -0.493 e. The van der Waals surface area contributed by atoms with Gasteiger partial charge in [0.25, 0.3) is 11.8 Å². The fourth-order valence-electron chi connectivity index (χ4n) is 2.71. The Morgan fingerprint density at radius 2 is 1.87 bits per heavy atom. The zero-order valence-corrected chi connectivity index (χ0v) is 18.2. The van der Waals surface area contributed by atoms with Gasteiger partial charge in [0.05, 0.1) is 12.8 Å². The van der Waals surface area contributed by atoms with Crippen molar-refractivity contribution in [2.75, 3.05) is 18.6 Å². The first-order valence-corrected chi connectivity index (χ1v) is 9.77. The number of amides is 4. The Kier molecular flexibility index (Phi) is 6.62. The van der Waals surface area contributed by atoms with Gasteiger partial charge in [0.1, 0.15) is 5.57 Å². The minimum atomic E-state index is -1.17. The van der Waals surface area contributed by atoms with E-state index in [-0.39, 0.29) is 22.8 Å². The molecule has 0 aliphatic carbocycles. The van der Waals surface area contributed by atoms with Crippen molar-refractivity contribution in [1.82, 2.24) is 5.32 Å². The Morgan fingerprint density at radius 1 is 1.19 bits per heavy atom. The number of carbonyl (C=O) groups excluding carboxylic acids is 3. The summed E-state index contributed by atoms with van der Waals surface area (Å²) in [4.78, 5) is 49.1. The van der Waals surface area contributed by atoms with Crippen molar-refractivity contribution >= 4 is 63.1 Å². The van der Waals surface area contributed by atoms with Crippen LogP contribution in [0.15, 0.2) is 46.4 Å². The van der Waals surface area contributed by atoms with E-state index in [0.717, 1.165) is 4.90 Å². The molecule has 1 heterocycles. The van der Waals surface area contributed by atoms with Crippen molar-refractivity contribution < 1.29 is 33.8 Å². The lowest BCUT2D eigenvalue weighted by Gasteiger charge is -2.26. The maximum absolute atomic E-state index is 13.0. The maximum atomic E-state index is 13.0. The average molecular weight is 510 g/mol. The molecule has 1 fully saturated rings. The smallest absolute Gasteiger partial charge is 0.341 e. The van der Waals surface area contributed by atoms with Gasteiger partial charge in [0, 0.05) is 9.50 Å². The number of urea groups is 1. The fraction of sp³-hybridized carbons (Fsp3) is 0.100. The van der Waals surface area contributed by atoms with E-state index in [1.807, 2.05) is 0 Å². The molecule has 0 saturated carbocycles. The molecule has 1 aliphatic heterocycles. The van der Waals surface area contributed by atoms with Crippen molar-refractivity contribution in [3.8, 4) is 11.5 Å². The number of hydrogen-bond donors (Lipinski definition) is 2. The van der Waals surface area contributed by atoms with Crippen LogP contribution >= 0.6 is 27.5 Å². The van der Waals surface area contributed by atoms with Gasteiger partial charge in [-0.15, -0.1) is 0 Å². The van der Waals surface area contributed by atoms with Crippen LogP contribution in [0.3, 0.4) is 0 Å². The summed E-state index contributed by atoms with van der Waals surface area (Å²) in [7, 11) is 1.35. The lowest BCUT2D eigenvalue weighted by Crippen LogP contribution is -2.54. The number of benzene rings is 2. The summed E-state index contributed by atoms with van der Waals surface area (Å²) in [6, 6.07) is 7.98. The van der Waals surface area contributed by atoms with E-state index in [4.69, 9.17) is 26.2 Å². The quantitative estimate of drug-likeness (QED) is 0.453. The highest BCUT2D eigenvalue weighted by atomic mass is 79.9. The lowest BCUT2D eigenvalue weighted by molar-refractivity contribution is -0.139. The third-order valence-electron chi connectivity index (χ3n) is 4.12. The second kappa shape index (κ2) is 9.19. The first-order valence-electron chi connectivity index (χ1n) is 8.60. The number of carboxylic acid groups (broad SMARTS) is 1. The van der Waals surface area contributed by atoms with Gasteiger partial charge in [-0.2, -0.15) is 0 Å². The standard InChI is InChI=1S/C20H14BrClN2O7/c1-30-15-7-10(14(21)8-16(15)31-9-17(25)26)6-13-18(27)23-20(29)24(19(13)28)12-4-2-11(22)3-5-12/h2-8H,9H2,1H3,(H,25,26)(H,23,27,29)/b13-6+. The second-order valence-electron chi connectivity index (χ2n) is 6.14. The van der Waals surface area contributed by atoms with Crippen molar-refractivity contribution in [2.24, 2.45) is 0 Å². The number of nitrogens with one attached hydrogen (secondary N) is 1. The molecule has 31 heavy (non-hydrogen) atoms. The molecule has 0 aromatic heterocycles. The molecule has 1 aliphatic rings. The topological polar surface area (TPSA) is 122 Å². The van der Waals surface area contributed by atoms with Gasteiger partial charge in [-0.25, -0.2) is 14.5 Å². The van der Waals surface area contributed by atoms with Crippen LogP contribution in [0.25, 0.3) is 6.08 Å². The number of halogens is 2. The zero-order valence-electron chi connectivity index (χ0n) is 15.8. The van der Waals surface area contributed by atoms with Crippen LogP contribution in [0.2, 0.25) is 5.02 Å². The molecule has 3 rings (SSSR count). The Labute approximate surface area is 189 Å². The number of nitrogens with zero attached hydrogens (tertiary/aromatic N) is 1. The molecule has 0 unspecified atom stereocenters. The third kappa shape index (κ3) is 4.86. The van der Waals surface area contributed by atoms with E-state index in [9.17, 15) is 19.2 Å². The predicted molar refractivity (Wildman–Crippen MR) is 114 cm³/mol. The van der Waals surface area contributed by atoms with Crippen LogP contribution in [-0.4, -0.2) is 42.6 Å². The van der Waals surface area contributed by atoms with Crippen molar-refractivity contribution in [3.05, 3.63) is 57.0 Å². The number of carboxylic acids is 1. The monoisotopic (exact) mass is 508 g/mol. The normalized spacial score (nSPS) is 15.1.